The number of methoxy groups -OCH3 is 1. The Morgan fingerprint density at radius 1 is 1.24 bits per heavy atom. The molecule has 0 radical (unpaired) electrons. The van der Waals surface area contributed by atoms with Gasteiger partial charge in [-0.05, 0) is 31.5 Å². The SMILES string of the molecule is COC(=O)Cn1c(=O)c2c(nc3n(-c4cc(Cl)ccc4C)c(C)cn23)n(C)c1=O. The van der Waals surface area contributed by atoms with Gasteiger partial charge >= 0.3 is 11.7 Å². The number of hydrogen-bond acceptors (Lipinski definition) is 5. The van der Waals surface area contributed by atoms with Gasteiger partial charge in [-0.1, -0.05) is 17.7 Å². The van der Waals surface area contributed by atoms with Crippen LogP contribution in [0.15, 0.2) is 34.0 Å². The number of imidazole rings is 2. The second kappa shape index (κ2) is 6.63. The molecule has 0 unspecified atom stereocenters. The first-order valence-electron chi connectivity index (χ1n) is 8.78. The Kier molecular flexibility index (Phi) is 4.34. The van der Waals surface area contributed by atoms with E-state index in [1.807, 2.05) is 30.5 Å². The molecule has 3 aromatic heterocycles. The van der Waals surface area contributed by atoms with E-state index < -0.39 is 23.8 Å². The molecule has 0 bridgehead atoms. The smallest absolute Gasteiger partial charge is 0.333 e. The van der Waals surface area contributed by atoms with Crippen LogP contribution in [0.1, 0.15) is 11.3 Å². The summed E-state index contributed by atoms with van der Waals surface area (Å²) < 4.78 is 10.2. The molecule has 0 N–H and O–H groups in total. The van der Waals surface area contributed by atoms with Crippen LogP contribution in [0.5, 0.6) is 0 Å². The first-order valence-corrected chi connectivity index (χ1v) is 9.15. The Bertz CT molecular complexity index is 1420. The molecule has 0 saturated heterocycles. The number of hydrogen-bond donors (Lipinski definition) is 0. The monoisotopic (exact) mass is 415 g/mol. The number of nitrogens with zero attached hydrogens (tertiary/aromatic N) is 5. The number of carbonyl (C=O) groups excluding carboxylic acids is 1. The summed E-state index contributed by atoms with van der Waals surface area (Å²) in [5, 5.41) is 0.570. The van der Waals surface area contributed by atoms with E-state index in [0.29, 0.717) is 10.8 Å². The molecule has 150 valence electrons. The summed E-state index contributed by atoms with van der Waals surface area (Å²) in [7, 11) is 2.70. The fraction of sp³-hybridized carbons (Fsp3) is 0.263. The maximum Gasteiger partial charge on any atom is 0.333 e. The highest BCUT2D eigenvalue weighted by Gasteiger charge is 2.22. The summed E-state index contributed by atoms with van der Waals surface area (Å²) in [5.74, 6) is -0.224. The predicted octanol–water partition coefficient (Wildman–Crippen LogP) is 1.58. The third kappa shape index (κ3) is 2.77. The van der Waals surface area contributed by atoms with Gasteiger partial charge in [0.05, 0.1) is 12.8 Å². The van der Waals surface area contributed by atoms with Crippen molar-refractivity contribution in [3.05, 3.63) is 61.5 Å². The van der Waals surface area contributed by atoms with Crippen LogP contribution in [0.3, 0.4) is 0 Å². The predicted molar refractivity (Wildman–Crippen MR) is 108 cm³/mol. The molecule has 0 spiro atoms. The molecule has 0 saturated carbocycles. The zero-order valence-corrected chi connectivity index (χ0v) is 17.0. The average Bonchev–Trinajstić information content (AvgIpc) is 3.20. The van der Waals surface area contributed by atoms with Gasteiger partial charge in [-0.3, -0.25) is 23.1 Å². The van der Waals surface area contributed by atoms with E-state index in [0.717, 1.165) is 21.5 Å². The van der Waals surface area contributed by atoms with Gasteiger partial charge in [-0.2, -0.15) is 4.98 Å². The number of aryl methyl sites for hydroxylation is 3. The zero-order chi connectivity index (χ0) is 21.0. The van der Waals surface area contributed by atoms with Crippen LogP contribution in [0, 0.1) is 13.8 Å². The standard InChI is InChI=1S/C19H18ClN5O4/c1-10-5-6-12(20)7-13(10)25-11(2)8-23-15-16(21-18(23)25)22(3)19(28)24(17(15)27)9-14(26)29-4/h5-8H,9H2,1-4H3. The van der Waals surface area contributed by atoms with Gasteiger partial charge in [0.2, 0.25) is 5.78 Å². The van der Waals surface area contributed by atoms with E-state index in [1.54, 1.807) is 16.7 Å². The number of benzene rings is 1. The minimum atomic E-state index is -0.687. The van der Waals surface area contributed by atoms with E-state index in [2.05, 4.69) is 9.72 Å². The normalized spacial score (nSPS) is 11.5. The molecule has 0 amide bonds. The zero-order valence-electron chi connectivity index (χ0n) is 16.3. The lowest BCUT2D eigenvalue weighted by molar-refractivity contribution is -0.141. The minimum Gasteiger partial charge on any atom is -0.468 e. The Morgan fingerprint density at radius 3 is 2.66 bits per heavy atom. The summed E-state index contributed by atoms with van der Waals surface area (Å²) in [6.07, 6.45) is 1.76. The molecule has 0 aliphatic carbocycles. The molecular formula is C19H18ClN5O4. The fourth-order valence-electron chi connectivity index (χ4n) is 3.46. The second-order valence-electron chi connectivity index (χ2n) is 6.80. The minimum absolute atomic E-state index is 0.201. The van der Waals surface area contributed by atoms with Crippen molar-refractivity contribution in [2.75, 3.05) is 7.11 Å². The van der Waals surface area contributed by atoms with Crippen molar-refractivity contribution in [2.45, 2.75) is 20.4 Å². The third-order valence-electron chi connectivity index (χ3n) is 4.95. The molecule has 4 rings (SSSR count). The van der Waals surface area contributed by atoms with Crippen LogP contribution in [-0.2, 0) is 23.1 Å². The molecule has 0 fully saturated rings. The molecule has 3 heterocycles. The molecule has 9 nitrogen and oxygen atoms in total. The number of ether oxygens (including phenoxy) is 1. The van der Waals surface area contributed by atoms with E-state index in [1.165, 1.54) is 18.7 Å². The quantitative estimate of drug-likeness (QED) is 0.474. The van der Waals surface area contributed by atoms with E-state index >= 15 is 0 Å². The maximum atomic E-state index is 13.1. The van der Waals surface area contributed by atoms with Crippen molar-refractivity contribution in [3.63, 3.8) is 0 Å². The number of fused-ring (bicyclic) bond motifs is 3. The third-order valence-corrected chi connectivity index (χ3v) is 5.19. The van der Waals surface area contributed by atoms with Crippen LogP contribution in [0.2, 0.25) is 5.02 Å². The van der Waals surface area contributed by atoms with Crippen molar-refractivity contribution in [1.29, 1.82) is 0 Å². The van der Waals surface area contributed by atoms with Crippen molar-refractivity contribution in [1.82, 2.24) is 23.1 Å². The van der Waals surface area contributed by atoms with Crippen LogP contribution in [0.4, 0.5) is 0 Å². The van der Waals surface area contributed by atoms with Crippen molar-refractivity contribution in [2.24, 2.45) is 7.05 Å². The van der Waals surface area contributed by atoms with Crippen LogP contribution in [-0.4, -0.2) is 36.2 Å². The van der Waals surface area contributed by atoms with Crippen LogP contribution in [0.25, 0.3) is 22.6 Å². The largest absolute Gasteiger partial charge is 0.468 e. The number of esters is 1. The lowest BCUT2D eigenvalue weighted by Gasteiger charge is -2.10. The van der Waals surface area contributed by atoms with Gasteiger partial charge in [0.15, 0.2) is 11.2 Å². The summed E-state index contributed by atoms with van der Waals surface area (Å²) in [4.78, 5) is 41.9. The summed E-state index contributed by atoms with van der Waals surface area (Å²) >= 11 is 6.19. The van der Waals surface area contributed by atoms with E-state index in [9.17, 15) is 14.4 Å². The van der Waals surface area contributed by atoms with Gasteiger partial charge in [0.25, 0.3) is 5.56 Å². The molecule has 1 aromatic carbocycles. The van der Waals surface area contributed by atoms with Crippen molar-refractivity contribution < 1.29 is 9.53 Å². The average molecular weight is 416 g/mol. The molecular weight excluding hydrogens is 398 g/mol. The van der Waals surface area contributed by atoms with Crippen LogP contribution >= 0.6 is 11.6 Å². The first-order chi connectivity index (χ1) is 13.7. The lowest BCUT2D eigenvalue weighted by atomic mass is 10.2. The molecule has 0 aliphatic heterocycles. The first kappa shape index (κ1) is 19.0. The number of aromatic nitrogens is 5. The van der Waals surface area contributed by atoms with Crippen LogP contribution < -0.4 is 11.2 Å². The number of carbonyl (C=O) groups is 1. The number of rotatable bonds is 3. The van der Waals surface area contributed by atoms with Gasteiger partial charge in [0, 0.05) is 24.0 Å². The Morgan fingerprint density at radius 2 is 1.97 bits per heavy atom. The van der Waals surface area contributed by atoms with E-state index in [-0.39, 0.29) is 11.2 Å². The molecule has 0 atom stereocenters. The molecule has 10 heteroatoms. The highest BCUT2D eigenvalue weighted by atomic mass is 35.5. The molecule has 29 heavy (non-hydrogen) atoms. The second-order valence-corrected chi connectivity index (χ2v) is 7.24. The lowest BCUT2D eigenvalue weighted by Crippen LogP contribution is -2.41. The fourth-order valence-corrected chi connectivity index (χ4v) is 3.63. The highest BCUT2D eigenvalue weighted by Crippen LogP contribution is 2.25. The highest BCUT2D eigenvalue weighted by molar-refractivity contribution is 6.30. The van der Waals surface area contributed by atoms with Gasteiger partial charge < -0.3 is 4.74 Å². The number of halogens is 1. The summed E-state index contributed by atoms with van der Waals surface area (Å²) in [6.45, 7) is 3.36. The van der Waals surface area contributed by atoms with Gasteiger partial charge in [-0.15, -0.1) is 0 Å². The Balaban J connectivity index is 2.11. The topological polar surface area (TPSA) is 92.5 Å². The molecule has 0 aliphatic rings. The van der Waals surface area contributed by atoms with Crippen molar-refractivity contribution >= 4 is 34.5 Å². The van der Waals surface area contributed by atoms with Gasteiger partial charge in [0.1, 0.15) is 6.54 Å². The Hall–Kier alpha value is -3.33. The maximum absolute atomic E-state index is 13.1. The molecule has 4 aromatic rings. The Labute approximate surface area is 169 Å². The van der Waals surface area contributed by atoms with E-state index in [4.69, 9.17) is 11.6 Å². The summed E-state index contributed by atoms with van der Waals surface area (Å²) in [6, 6.07) is 5.51. The summed E-state index contributed by atoms with van der Waals surface area (Å²) in [5.41, 5.74) is 1.79. The van der Waals surface area contributed by atoms with Crippen molar-refractivity contribution in [3.8, 4) is 5.69 Å². The van der Waals surface area contributed by atoms with Gasteiger partial charge in [-0.25, -0.2) is 9.36 Å².